The molecule has 7 nitrogen and oxygen atoms in total. The highest BCUT2D eigenvalue weighted by Gasteiger charge is 2.10. The first-order chi connectivity index (χ1) is 15.0. The molecule has 5 N–H and O–H groups in total. The van der Waals surface area contributed by atoms with Gasteiger partial charge in [0, 0.05) is 53.5 Å². The maximum Gasteiger partial charge on any atom is 0.229 e. The highest BCUT2D eigenvalue weighted by Crippen LogP contribution is 2.28. The molecule has 5 rings (SSSR count). The number of nitrogens with zero attached hydrogens (tertiary/aromatic N) is 3. The standard InChI is InChI=1S/C24H25N7/c1-31(2)14-16-11-21-19(6-8-27-21)22(12-16)29-24-28-13-18(23(25)30-24)10-15-3-4-20-17(9-15)5-7-26-20/h3-9,11-13,26-27H,10,14H2,1-2H3,(H3,25,28,29,30). The van der Waals surface area contributed by atoms with Crippen LogP contribution in [0.25, 0.3) is 21.8 Å². The average molecular weight is 412 g/mol. The molecule has 0 amide bonds. The summed E-state index contributed by atoms with van der Waals surface area (Å²) in [7, 11) is 4.12. The molecule has 156 valence electrons. The van der Waals surface area contributed by atoms with E-state index < -0.39 is 0 Å². The molecule has 0 unspecified atom stereocenters. The van der Waals surface area contributed by atoms with Crippen LogP contribution in [0.2, 0.25) is 0 Å². The quantitative estimate of drug-likeness (QED) is 0.332. The number of hydrogen-bond donors (Lipinski definition) is 4. The van der Waals surface area contributed by atoms with E-state index in [1.807, 2.05) is 24.7 Å². The van der Waals surface area contributed by atoms with Crippen LogP contribution in [-0.4, -0.2) is 38.9 Å². The first-order valence-electron chi connectivity index (χ1n) is 10.2. The summed E-state index contributed by atoms with van der Waals surface area (Å²) >= 11 is 0. The Balaban J connectivity index is 1.40. The molecule has 0 saturated heterocycles. The van der Waals surface area contributed by atoms with Gasteiger partial charge in [0.1, 0.15) is 5.82 Å². The molecule has 0 fully saturated rings. The van der Waals surface area contributed by atoms with Gasteiger partial charge >= 0.3 is 0 Å². The van der Waals surface area contributed by atoms with Crippen molar-refractivity contribution in [3.63, 3.8) is 0 Å². The molecule has 3 aromatic heterocycles. The summed E-state index contributed by atoms with van der Waals surface area (Å²) in [5.41, 5.74) is 12.7. The Morgan fingerprint density at radius 1 is 0.968 bits per heavy atom. The second-order valence-corrected chi connectivity index (χ2v) is 8.13. The van der Waals surface area contributed by atoms with E-state index in [0.717, 1.165) is 34.2 Å². The fourth-order valence-corrected chi connectivity index (χ4v) is 3.96. The van der Waals surface area contributed by atoms with Gasteiger partial charge in [0.2, 0.25) is 5.95 Å². The SMILES string of the molecule is CN(C)Cc1cc(Nc2ncc(Cc3ccc4[nH]ccc4c3)c(N)n2)c2cc[nH]c2c1. The van der Waals surface area contributed by atoms with Gasteiger partial charge in [0.15, 0.2) is 0 Å². The number of benzene rings is 2. The number of aromatic nitrogens is 4. The maximum atomic E-state index is 6.29. The number of aromatic amines is 2. The second-order valence-electron chi connectivity index (χ2n) is 8.13. The van der Waals surface area contributed by atoms with Crippen LogP contribution >= 0.6 is 0 Å². The van der Waals surface area contributed by atoms with Crippen LogP contribution in [-0.2, 0) is 13.0 Å². The zero-order chi connectivity index (χ0) is 21.4. The van der Waals surface area contributed by atoms with Crippen molar-refractivity contribution in [2.24, 2.45) is 0 Å². The van der Waals surface area contributed by atoms with Crippen LogP contribution in [0.5, 0.6) is 0 Å². The largest absolute Gasteiger partial charge is 0.383 e. The zero-order valence-electron chi connectivity index (χ0n) is 17.6. The van der Waals surface area contributed by atoms with Crippen molar-refractivity contribution in [1.82, 2.24) is 24.8 Å². The molecule has 0 atom stereocenters. The minimum absolute atomic E-state index is 0.487. The van der Waals surface area contributed by atoms with Gasteiger partial charge in [-0.05, 0) is 67.0 Å². The third-order valence-electron chi connectivity index (χ3n) is 5.38. The van der Waals surface area contributed by atoms with Crippen molar-refractivity contribution in [1.29, 1.82) is 0 Å². The van der Waals surface area contributed by atoms with Gasteiger partial charge in [-0.15, -0.1) is 0 Å². The van der Waals surface area contributed by atoms with E-state index in [9.17, 15) is 0 Å². The number of anilines is 3. The van der Waals surface area contributed by atoms with Gasteiger partial charge in [-0.2, -0.15) is 4.98 Å². The first kappa shape index (κ1) is 19.1. The lowest BCUT2D eigenvalue weighted by atomic mass is 10.1. The lowest BCUT2D eigenvalue weighted by Crippen LogP contribution is -2.11. The number of hydrogen-bond acceptors (Lipinski definition) is 5. The number of fused-ring (bicyclic) bond motifs is 2. The number of rotatable bonds is 6. The molecule has 0 bridgehead atoms. The minimum Gasteiger partial charge on any atom is -0.383 e. The van der Waals surface area contributed by atoms with E-state index in [0.29, 0.717) is 18.2 Å². The fourth-order valence-electron chi connectivity index (χ4n) is 3.96. The molecule has 0 spiro atoms. The van der Waals surface area contributed by atoms with E-state index in [-0.39, 0.29) is 0 Å². The van der Waals surface area contributed by atoms with E-state index in [2.05, 4.69) is 80.6 Å². The lowest BCUT2D eigenvalue weighted by Gasteiger charge is -2.13. The predicted octanol–water partition coefficient (Wildman–Crippen LogP) is 4.42. The van der Waals surface area contributed by atoms with Gasteiger partial charge in [0.25, 0.3) is 0 Å². The Labute approximate surface area is 180 Å². The Morgan fingerprint density at radius 2 is 1.81 bits per heavy atom. The molecule has 0 radical (unpaired) electrons. The normalized spacial score (nSPS) is 11.6. The predicted molar refractivity (Wildman–Crippen MR) is 127 cm³/mol. The third-order valence-corrected chi connectivity index (χ3v) is 5.38. The highest BCUT2D eigenvalue weighted by atomic mass is 15.1. The first-order valence-corrected chi connectivity index (χ1v) is 10.2. The smallest absolute Gasteiger partial charge is 0.229 e. The Morgan fingerprint density at radius 3 is 2.65 bits per heavy atom. The summed E-state index contributed by atoms with van der Waals surface area (Å²) < 4.78 is 0. The number of nitrogens with two attached hydrogens (primary N) is 1. The van der Waals surface area contributed by atoms with E-state index >= 15 is 0 Å². The number of nitrogen functional groups attached to an aromatic ring is 1. The maximum absolute atomic E-state index is 6.29. The van der Waals surface area contributed by atoms with Gasteiger partial charge in [0.05, 0.1) is 5.69 Å². The average Bonchev–Trinajstić information content (AvgIpc) is 3.38. The summed E-state index contributed by atoms with van der Waals surface area (Å²) in [6, 6.07) is 14.8. The van der Waals surface area contributed by atoms with E-state index in [1.165, 1.54) is 16.5 Å². The van der Waals surface area contributed by atoms with E-state index in [4.69, 9.17) is 5.73 Å². The molecule has 0 aliphatic rings. The van der Waals surface area contributed by atoms with Gasteiger partial charge in [-0.1, -0.05) is 6.07 Å². The second kappa shape index (κ2) is 7.77. The van der Waals surface area contributed by atoms with Gasteiger partial charge in [-0.25, -0.2) is 4.98 Å². The highest BCUT2D eigenvalue weighted by molar-refractivity contribution is 5.94. The van der Waals surface area contributed by atoms with Crippen LogP contribution in [0.3, 0.4) is 0 Å². The topological polar surface area (TPSA) is 98.7 Å². The molecule has 31 heavy (non-hydrogen) atoms. The van der Waals surface area contributed by atoms with Crippen molar-refractivity contribution in [3.8, 4) is 0 Å². The van der Waals surface area contributed by atoms with Crippen molar-refractivity contribution >= 4 is 39.3 Å². The van der Waals surface area contributed by atoms with Crippen molar-refractivity contribution in [2.75, 3.05) is 25.1 Å². The minimum atomic E-state index is 0.487. The van der Waals surface area contributed by atoms with Crippen LogP contribution in [0.15, 0.2) is 61.1 Å². The Hall–Kier alpha value is -3.84. The summed E-state index contributed by atoms with van der Waals surface area (Å²) in [6.45, 7) is 0.844. The molecular formula is C24H25N7. The molecule has 0 aliphatic heterocycles. The van der Waals surface area contributed by atoms with E-state index in [1.54, 1.807) is 0 Å². The van der Waals surface area contributed by atoms with Crippen LogP contribution < -0.4 is 11.1 Å². The Kier molecular flexibility index (Phi) is 4.80. The van der Waals surface area contributed by atoms with Gasteiger partial charge in [-0.3, -0.25) is 0 Å². The third kappa shape index (κ3) is 3.95. The fraction of sp³-hybridized carbons (Fsp3) is 0.167. The van der Waals surface area contributed by atoms with Crippen LogP contribution in [0.4, 0.5) is 17.5 Å². The molecule has 3 heterocycles. The van der Waals surface area contributed by atoms with Gasteiger partial charge < -0.3 is 25.9 Å². The van der Waals surface area contributed by atoms with Crippen molar-refractivity contribution < 1.29 is 0 Å². The summed E-state index contributed by atoms with van der Waals surface area (Å²) in [5.74, 6) is 0.980. The van der Waals surface area contributed by atoms with Crippen molar-refractivity contribution in [3.05, 3.63) is 77.7 Å². The summed E-state index contributed by atoms with van der Waals surface area (Å²) in [4.78, 5) is 17.7. The number of H-pyrrole nitrogens is 2. The molecule has 5 aromatic rings. The summed E-state index contributed by atoms with van der Waals surface area (Å²) in [5, 5.41) is 5.63. The molecular weight excluding hydrogens is 386 g/mol. The number of nitrogens with one attached hydrogen (secondary N) is 3. The Bertz CT molecular complexity index is 1360. The molecule has 0 saturated carbocycles. The van der Waals surface area contributed by atoms with Crippen LogP contribution in [0.1, 0.15) is 16.7 Å². The zero-order valence-corrected chi connectivity index (χ0v) is 17.6. The molecule has 0 aliphatic carbocycles. The lowest BCUT2D eigenvalue weighted by molar-refractivity contribution is 0.403. The van der Waals surface area contributed by atoms with Crippen LogP contribution in [0, 0.1) is 0 Å². The monoisotopic (exact) mass is 411 g/mol. The summed E-state index contributed by atoms with van der Waals surface area (Å²) in [6.07, 6.45) is 6.38. The van der Waals surface area contributed by atoms with Crippen molar-refractivity contribution in [2.45, 2.75) is 13.0 Å². The molecule has 2 aromatic carbocycles. The molecule has 7 heteroatoms.